The first-order chi connectivity index (χ1) is 16.2. The van der Waals surface area contributed by atoms with E-state index >= 15 is 0 Å². The van der Waals surface area contributed by atoms with E-state index in [2.05, 4.69) is 62.4 Å². The monoisotopic (exact) mass is 464 g/mol. The first-order valence-corrected chi connectivity index (χ1v) is 13.7. The van der Waals surface area contributed by atoms with Crippen LogP contribution in [0.25, 0.3) is 6.08 Å². The lowest BCUT2D eigenvalue weighted by Gasteiger charge is -2.07. The Morgan fingerprint density at radius 1 is 0.758 bits per heavy atom. The average Bonchev–Trinajstić information content (AvgIpc) is 2.84. The predicted molar refractivity (Wildman–Crippen MR) is 150 cm³/mol. The molecule has 1 nitrogen and oxygen atoms in total. The third-order valence-electron chi connectivity index (χ3n) is 6.08. The van der Waals surface area contributed by atoms with E-state index in [1.165, 1.54) is 76.2 Å². The number of hydrogen-bond acceptors (Lipinski definition) is 2. The fourth-order valence-corrected chi connectivity index (χ4v) is 4.26. The molecule has 0 atom stereocenters. The normalized spacial score (nSPS) is 11.2. The molecule has 0 heterocycles. The summed E-state index contributed by atoms with van der Waals surface area (Å²) in [6, 6.07) is 16.9. The topological polar surface area (TPSA) is 9.23 Å². The smallest absolute Gasteiger partial charge is 0.119 e. The Morgan fingerprint density at radius 3 is 2.03 bits per heavy atom. The first-order valence-electron chi connectivity index (χ1n) is 13.3. The molecular weight excluding hydrogens is 420 g/mol. The van der Waals surface area contributed by atoms with Gasteiger partial charge in [-0.3, -0.25) is 0 Å². The van der Waals surface area contributed by atoms with Gasteiger partial charge in [0.2, 0.25) is 0 Å². The van der Waals surface area contributed by atoms with E-state index in [1.807, 2.05) is 12.1 Å². The highest BCUT2D eigenvalue weighted by Gasteiger charge is 2.00. The van der Waals surface area contributed by atoms with Gasteiger partial charge in [0, 0.05) is 4.86 Å². The summed E-state index contributed by atoms with van der Waals surface area (Å²) in [5, 5.41) is 0. The molecule has 2 rings (SSSR count). The van der Waals surface area contributed by atoms with E-state index in [0.29, 0.717) is 0 Å². The van der Waals surface area contributed by atoms with E-state index in [0.717, 1.165) is 41.2 Å². The first kappa shape index (κ1) is 27.3. The summed E-state index contributed by atoms with van der Waals surface area (Å²) in [5.74, 6) is 0.944. The zero-order chi connectivity index (χ0) is 23.6. The molecule has 2 heteroatoms. The molecule has 2 aromatic carbocycles. The van der Waals surface area contributed by atoms with Crippen molar-refractivity contribution in [2.24, 2.45) is 0 Å². The summed E-state index contributed by atoms with van der Waals surface area (Å²) in [6.45, 7) is 5.28. The molecule has 0 fully saturated rings. The second-order valence-corrected chi connectivity index (χ2v) is 9.54. The minimum atomic E-state index is 0.798. The standard InChI is InChI=1S/C31H44OS/c1-3-5-6-7-8-9-10-11-12-13-14-25-32-30-18-15-17-28(26-30)21-24-31(33)29-22-19-27(16-4-2)20-23-29/h15,17-24,26H,3-14,16,25H2,1-2H3. The lowest BCUT2D eigenvalue weighted by molar-refractivity contribution is 0.304. The van der Waals surface area contributed by atoms with Gasteiger partial charge in [-0.2, -0.15) is 0 Å². The van der Waals surface area contributed by atoms with E-state index in [1.54, 1.807) is 0 Å². The Hall–Kier alpha value is -1.93. The van der Waals surface area contributed by atoms with Crippen LogP contribution >= 0.6 is 12.2 Å². The van der Waals surface area contributed by atoms with Gasteiger partial charge in [0.05, 0.1) is 6.61 Å². The maximum Gasteiger partial charge on any atom is 0.119 e. The second-order valence-electron chi connectivity index (χ2n) is 9.10. The molecule has 0 saturated carbocycles. The van der Waals surface area contributed by atoms with Crippen LogP contribution in [0.3, 0.4) is 0 Å². The average molecular weight is 465 g/mol. The van der Waals surface area contributed by atoms with Gasteiger partial charge in [-0.05, 0) is 47.7 Å². The number of rotatable bonds is 18. The molecule has 0 amide bonds. The van der Waals surface area contributed by atoms with E-state index in [9.17, 15) is 0 Å². The fourth-order valence-electron chi connectivity index (χ4n) is 4.06. The van der Waals surface area contributed by atoms with Gasteiger partial charge in [0.15, 0.2) is 0 Å². The number of hydrogen-bond donors (Lipinski definition) is 0. The number of thiocarbonyl (C=S) groups is 1. The van der Waals surface area contributed by atoms with Crippen molar-refractivity contribution in [1.82, 2.24) is 0 Å². The molecule has 0 aliphatic rings. The Bertz CT molecular complexity index is 806. The highest BCUT2D eigenvalue weighted by molar-refractivity contribution is 7.81. The summed E-state index contributed by atoms with van der Waals surface area (Å²) >= 11 is 5.60. The van der Waals surface area contributed by atoms with Gasteiger partial charge in [-0.1, -0.05) is 139 Å². The molecule has 0 aliphatic carbocycles. The highest BCUT2D eigenvalue weighted by Crippen LogP contribution is 2.17. The number of ether oxygens (including phenoxy) is 1. The summed E-state index contributed by atoms with van der Waals surface area (Å²) < 4.78 is 5.99. The van der Waals surface area contributed by atoms with Crippen LogP contribution in [0.4, 0.5) is 0 Å². The van der Waals surface area contributed by atoms with Crippen LogP contribution in [0.15, 0.2) is 54.6 Å². The van der Waals surface area contributed by atoms with Gasteiger partial charge in [-0.25, -0.2) is 0 Å². The number of aryl methyl sites for hydroxylation is 1. The maximum absolute atomic E-state index is 5.99. The van der Waals surface area contributed by atoms with E-state index in [4.69, 9.17) is 17.0 Å². The predicted octanol–water partition coefficient (Wildman–Crippen LogP) is 9.76. The minimum Gasteiger partial charge on any atom is -0.494 e. The third kappa shape index (κ3) is 12.2. The molecule has 0 spiro atoms. The third-order valence-corrected chi connectivity index (χ3v) is 6.45. The SMILES string of the molecule is CCCCCCCCCCCCCOc1cccc(C=CC(=S)c2ccc(CCC)cc2)c1. The van der Waals surface area contributed by atoms with Crippen molar-refractivity contribution in [3.63, 3.8) is 0 Å². The Balaban J connectivity index is 1.62. The molecule has 0 aromatic heterocycles. The van der Waals surface area contributed by atoms with Gasteiger partial charge >= 0.3 is 0 Å². The van der Waals surface area contributed by atoms with Crippen LogP contribution in [0.1, 0.15) is 108 Å². The van der Waals surface area contributed by atoms with Gasteiger partial charge in [0.25, 0.3) is 0 Å². The van der Waals surface area contributed by atoms with Crippen LogP contribution in [0, 0.1) is 0 Å². The van der Waals surface area contributed by atoms with Crippen molar-refractivity contribution in [3.05, 3.63) is 71.3 Å². The second kappa shape index (κ2) is 17.5. The molecular formula is C31H44OS. The molecule has 0 bridgehead atoms. The van der Waals surface area contributed by atoms with E-state index in [-0.39, 0.29) is 0 Å². The lowest BCUT2D eigenvalue weighted by atomic mass is 10.1. The molecule has 0 N–H and O–H groups in total. The molecule has 0 saturated heterocycles. The molecule has 33 heavy (non-hydrogen) atoms. The van der Waals surface area contributed by atoms with Gasteiger partial charge in [-0.15, -0.1) is 0 Å². The van der Waals surface area contributed by atoms with Crippen molar-refractivity contribution < 1.29 is 4.74 Å². The van der Waals surface area contributed by atoms with Crippen molar-refractivity contribution in [2.75, 3.05) is 6.61 Å². The fraction of sp³-hybridized carbons (Fsp3) is 0.516. The van der Waals surface area contributed by atoms with Gasteiger partial charge in [0.1, 0.15) is 5.75 Å². The summed E-state index contributed by atoms with van der Waals surface area (Å²) in [7, 11) is 0. The number of allylic oxidation sites excluding steroid dienone is 1. The quantitative estimate of drug-likeness (QED) is 0.0939. The zero-order valence-electron chi connectivity index (χ0n) is 21.0. The Kier molecular flexibility index (Phi) is 14.5. The lowest BCUT2D eigenvalue weighted by Crippen LogP contribution is -1.97. The maximum atomic E-state index is 5.99. The summed E-state index contributed by atoms with van der Waals surface area (Å²) in [4.78, 5) is 0.866. The summed E-state index contributed by atoms with van der Waals surface area (Å²) in [6.07, 6.45) is 21.3. The highest BCUT2D eigenvalue weighted by atomic mass is 32.1. The molecule has 0 aliphatic heterocycles. The number of benzene rings is 2. The van der Waals surface area contributed by atoms with Crippen LogP contribution in [-0.2, 0) is 6.42 Å². The largest absolute Gasteiger partial charge is 0.494 e. The van der Waals surface area contributed by atoms with Crippen LogP contribution in [0.5, 0.6) is 5.75 Å². The van der Waals surface area contributed by atoms with Crippen LogP contribution in [-0.4, -0.2) is 11.5 Å². The van der Waals surface area contributed by atoms with Crippen molar-refractivity contribution in [2.45, 2.75) is 97.3 Å². The van der Waals surface area contributed by atoms with E-state index < -0.39 is 0 Å². The van der Waals surface area contributed by atoms with Gasteiger partial charge < -0.3 is 4.74 Å². The minimum absolute atomic E-state index is 0.798. The van der Waals surface area contributed by atoms with Crippen molar-refractivity contribution in [3.8, 4) is 5.75 Å². The van der Waals surface area contributed by atoms with Crippen molar-refractivity contribution >= 4 is 23.2 Å². The van der Waals surface area contributed by atoms with Crippen LogP contribution < -0.4 is 4.74 Å². The summed E-state index contributed by atoms with van der Waals surface area (Å²) in [5.41, 5.74) is 3.59. The van der Waals surface area contributed by atoms with Crippen molar-refractivity contribution in [1.29, 1.82) is 0 Å². The van der Waals surface area contributed by atoms with Crippen LogP contribution in [0.2, 0.25) is 0 Å². The molecule has 2 aromatic rings. The zero-order valence-corrected chi connectivity index (χ0v) is 21.8. The Morgan fingerprint density at radius 2 is 1.39 bits per heavy atom. The Labute approximate surface area is 208 Å². The molecule has 0 radical (unpaired) electrons. The molecule has 0 unspecified atom stereocenters. The number of unbranched alkanes of at least 4 members (excludes halogenated alkanes) is 10. The molecule has 180 valence electrons.